The van der Waals surface area contributed by atoms with Crippen molar-refractivity contribution in [3.8, 4) is 0 Å². The van der Waals surface area contributed by atoms with Crippen molar-refractivity contribution < 1.29 is 4.74 Å². The first-order valence-electron chi connectivity index (χ1n) is 7.07. The van der Waals surface area contributed by atoms with E-state index in [1.165, 1.54) is 43.6 Å². The van der Waals surface area contributed by atoms with Gasteiger partial charge in [0.25, 0.3) is 0 Å². The highest BCUT2D eigenvalue weighted by Crippen LogP contribution is 2.53. The second-order valence-electron chi connectivity index (χ2n) is 6.51. The van der Waals surface area contributed by atoms with Gasteiger partial charge in [-0.15, -0.1) is 0 Å². The van der Waals surface area contributed by atoms with Crippen LogP contribution in [0.15, 0.2) is 0 Å². The normalized spacial score (nSPS) is 41.6. The third-order valence-corrected chi connectivity index (χ3v) is 6.39. The topological polar surface area (TPSA) is 21.3 Å². The van der Waals surface area contributed by atoms with Crippen LogP contribution in [0, 0.1) is 11.3 Å². The highest BCUT2D eigenvalue weighted by atomic mass is 32.2. The Balaban J connectivity index is 1.70. The highest BCUT2D eigenvalue weighted by Gasteiger charge is 2.50. The molecule has 3 atom stereocenters. The van der Waals surface area contributed by atoms with Crippen LogP contribution >= 0.6 is 11.8 Å². The van der Waals surface area contributed by atoms with Crippen LogP contribution in [0.5, 0.6) is 0 Å². The van der Waals surface area contributed by atoms with E-state index >= 15 is 0 Å². The van der Waals surface area contributed by atoms with Crippen LogP contribution in [0.1, 0.15) is 39.0 Å². The fourth-order valence-corrected chi connectivity index (χ4v) is 5.25. The molecule has 0 aromatic heterocycles. The van der Waals surface area contributed by atoms with E-state index in [1.807, 2.05) is 0 Å². The zero-order chi connectivity index (χ0) is 11.9. The second kappa shape index (κ2) is 4.43. The van der Waals surface area contributed by atoms with Gasteiger partial charge in [0.2, 0.25) is 0 Å². The van der Waals surface area contributed by atoms with Crippen molar-refractivity contribution >= 4 is 11.8 Å². The average Bonchev–Trinajstić information content (AvgIpc) is 2.89. The minimum Gasteiger partial charge on any atom is -0.374 e. The molecule has 1 saturated carbocycles. The maximum atomic E-state index is 6.14. The second-order valence-corrected chi connectivity index (χ2v) is 7.61. The minimum absolute atomic E-state index is 0.244. The lowest BCUT2D eigenvalue weighted by molar-refractivity contribution is -0.0884. The lowest BCUT2D eigenvalue weighted by Crippen LogP contribution is -2.49. The lowest BCUT2D eigenvalue weighted by Gasteiger charge is -2.42. The predicted molar refractivity (Wildman–Crippen MR) is 73.5 cm³/mol. The molecule has 0 aromatic carbocycles. The van der Waals surface area contributed by atoms with Crippen molar-refractivity contribution in [2.45, 2.75) is 50.7 Å². The van der Waals surface area contributed by atoms with E-state index in [4.69, 9.17) is 4.74 Å². The molecular formula is C14H25NOS. The van der Waals surface area contributed by atoms with E-state index in [0.29, 0.717) is 11.5 Å². The van der Waals surface area contributed by atoms with Gasteiger partial charge in [-0.3, -0.25) is 0 Å². The van der Waals surface area contributed by atoms with Gasteiger partial charge in [0.15, 0.2) is 0 Å². The first kappa shape index (κ1) is 12.3. The van der Waals surface area contributed by atoms with E-state index < -0.39 is 0 Å². The van der Waals surface area contributed by atoms with Crippen LogP contribution < -0.4 is 5.32 Å². The van der Waals surface area contributed by atoms with Gasteiger partial charge in [-0.2, -0.15) is 11.8 Å². The Morgan fingerprint density at radius 3 is 2.76 bits per heavy atom. The molecule has 98 valence electrons. The van der Waals surface area contributed by atoms with Gasteiger partial charge in [-0.1, -0.05) is 6.92 Å². The van der Waals surface area contributed by atoms with Crippen molar-refractivity contribution in [2.75, 3.05) is 25.2 Å². The molecule has 0 aromatic rings. The van der Waals surface area contributed by atoms with Crippen LogP contribution in [0.3, 0.4) is 0 Å². The van der Waals surface area contributed by atoms with Crippen LogP contribution in [0.4, 0.5) is 0 Å². The highest BCUT2D eigenvalue weighted by molar-refractivity contribution is 7.99. The molecule has 0 amide bonds. The Morgan fingerprint density at radius 1 is 1.35 bits per heavy atom. The predicted octanol–water partition coefficient (Wildman–Crippen LogP) is 2.68. The summed E-state index contributed by atoms with van der Waals surface area (Å²) in [5.74, 6) is 3.37. The zero-order valence-corrected chi connectivity index (χ0v) is 11.9. The smallest absolute Gasteiger partial charge is 0.0783 e. The summed E-state index contributed by atoms with van der Waals surface area (Å²) in [6.07, 6.45) is 6.66. The first-order chi connectivity index (χ1) is 8.18. The Hall–Kier alpha value is 0.270. The summed E-state index contributed by atoms with van der Waals surface area (Å²) < 4.78 is 6.14. The van der Waals surface area contributed by atoms with E-state index in [0.717, 1.165) is 12.5 Å². The van der Waals surface area contributed by atoms with Crippen molar-refractivity contribution in [1.82, 2.24) is 5.32 Å². The lowest BCUT2D eigenvalue weighted by atomic mass is 9.76. The molecule has 3 unspecified atom stereocenters. The van der Waals surface area contributed by atoms with Crippen LogP contribution in [-0.4, -0.2) is 36.8 Å². The summed E-state index contributed by atoms with van der Waals surface area (Å²) in [4.78, 5) is 0. The Labute approximate surface area is 109 Å². The number of hydrogen-bond donors (Lipinski definition) is 1. The quantitative estimate of drug-likeness (QED) is 0.838. The van der Waals surface area contributed by atoms with E-state index in [9.17, 15) is 0 Å². The summed E-state index contributed by atoms with van der Waals surface area (Å²) in [5, 5.41) is 3.62. The Morgan fingerprint density at radius 2 is 2.18 bits per heavy atom. The van der Waals surface area contributed by atoms with Gasteiger partial charge in [-0.05, 0) is 56.2 Å². The van der Waals surface area contributed by atoms with E-state index in [2.05, 4.69) is 31.1 Å². The van der Waals surface area contributed by atoms with Gasteiger partial charge >= 0.3 is 0 Å². The summed E-state index contributed by atoms with van der Waals surface area (Å²) >= 11 is 2.08. The van der Waals surface area contributed by atoms with Crippen molar-refractivity contribution in [3.05, 3.63) is 0 Å². The van der Waals surface area contributed by atoms with E-state index in [-0.39, 0.29) is 5.60 Å². The van der Waals surface area contributed by atoms with Crippen LogP contribution in [-0.2, 0) is 4.74 Å². The number of thioether (sulfide) groups is 1. The molecular weight excluding hydrogens is 230 g/mol. The Bertz CT molecular complexity index is 284. The molecule has 2 aliphatic heterocycles. The van der Waals surface area contributed by atoms with Gasteiger partial charge < -0.3 is 10.1 Å². The maximum Gasteiger partial charge on any atom is 0.0783 e. The Kier molecular flexibility index (Phi) is 3.21. The monoisotopic (exact) mass is 255 g/mol. The molecule has 2 saturated heterocycles. The summed E-state index contributed by atoms with van der Waals surface area (Å²) in [6, 6.07) is 0.717. The maximum absolute atomic E-state index is 6.14. The van der Waals surface area contributed by atoms with Crippen molar-refractivity contribution in [2.24, 2.45) is 11.3 Å². The average molecular weight is 255 g/mol. The standard InChI is InChI=1S/C14H25NOS/c1-13(4-5-13)12(15-2)11-3-7-16-14(9-11)6-8-17-10-14/h11-12,15H,3-10H2,1-2H3. The number of nitrogens with one attached hydrogen (secondary N) is 1. The summed E-state index contributed by atoms with van der Waals surface area (Å²) in [6.45, 7) is 3.44. The van der Waals surface area contributed by atoms with Crippen molar-refractivity contribution in [3.63, 3.8) is 0 Å². The minimum atomic E-state index is 0.244. The summed E-state index contributed by atoms with van der Waals surface area (Å²) in [7, 11) is 2.15. The van der Waals surface area contributed by atoms with Gasteiger partial charge in [-0.25, -0.2) is 0 Å². The van der Waals surface area contributed by atoms with Crippen LogP contribution in [0.2, 0.25) is 0 Å². The molecule has 0 radical (unpaired) electrons. The fraction of sp³-hybridized carbons (Fsp3) is 1.00. The molecule has 0 bridgehead atoms. The van der Waals surface area contributed by atoms with Crippen LogP contribution in [0.25, 0.3) is 0 Å². The molecule has 1 N–H and O–H groups in total. The molecule has 1 aliphatic carbocycles. The van der Waals surface area contributed by atoms with Gasteiger partial charge in [0.1, 0.15) is 0 Å². The molecule has 3 fully saturated rings. The first-order valence-corrected chi connectivity index (χ1v) is 8.22. The number of hydrogen-bond acceptors (Lipinski definition) is 3. The molecule has 3 aliphatic rings. The number of ether oxygens (including phenoxy) is 1. The summed E-state index contributed by atoms with van der Waals surface area (Å²) in [5.41, 5.74) is 0.831. The molecule has 17 heavy (non-hydrogen) atoms. The number of rotatable bonds is 3. The molecule has 2 nitrogen and oxygen atoms in total. The SMILES string of the molecule is CNC(C1CCOC2(CCSC2)C1)C1(C)CC1. The third kappa shape index (κ3) is 2.26. The molecule has 3 heteroatoms. The van der Waals surface area contributed by atoms with Crippen molar-refractivity contribution in [1.29, 1.82) is 0 Å². The molecule has 2 heterocycles. The van der Waals surface area contributed by atoms with E-state index in [1.54, 1.807) is 0 Å². The van der Waals surface area contributed by atoms with Gasteiger partial charge in [0.05, 0.1) is 5.60 Å². The van der Waals surface area contributed by atoms with Gasteiger partial charge in [0, 0.05) is 18.4 Å². The third-order valence-electron chi connectivity index (χ3n) is 5.17. The molecule has 1 spiro atoms. The molecule has 3 rings (SSSR count). The largest absolute Gasteiger partial charge is 0.374 e. The zero-order valence-electron chi connectivity index (χ0n) is 11.1. The fourth-order valence-electron chi connectivity index (χ4n) is 3.87.